The van der Waals surface area contributed by atoms with Crippen molar-refractivity contribution in [3.63, 3.8) is 0 Å². The summed E-state index contributed by atoms with van der Waals surface area (Å²) in [6.45, 7) is 5.16. The second-order valence-corrected chi connectivity index (χ2v) is 4.61. The van der Waals surface area contributed by atoms with Crippen molar-refractivity contribution in [1.82, 2.24) is 5.32 Å². The first-order valence-electron chi connectivity index (χ1n) is 6.71. The molecule has 1 aromatic carbocycles. The Morgan fingerprint density at radius 3 is 2.79 bits per heavy atom. The summed E-state index contributed by atoms with van der Waals surface area (Å²) >= 11 is 0. The number of anilines is 1. The first-order valence-corrected chi connectivity index (χ1v) is 6.71. The molecule has 1 aromatic rings. The van der Waals surface area contributed by atoms with Crippen molar-refractivity contribution in [2.24, 2.45) is 0 Å². The number of nitrogens with zero attached hydrogens (tertiary/aromatic N) is 1. The van der Waals surface area contributed by atoms with Crippen molar-refractivity contribution in [3.8, 4) is 6.07 Å². The smallest absolute Gasteiger partial charge is 0.0670 e. The van der Waals surface area contributed by atoms with Gasteiger partial charge in [-0.15, -0.1) is 0 Å². The molecule has 0 heterocycles. The zero-order valence-corrected chi connectivity index (χ0v) is 12.0. The molecule has 0 spiro atoms. The highest BCUT2D eigenvalue weighted by Crippen LogP contribution is 2.19. The standard InChI is InChI=1S/C16H23N3/c1-4-13(2)15(10-12-18-3)19-16-8-6-5-7-14(16)9-11-17/h4-8,15,18-19H,9-10,12H2,1-3H3/b13-4+. The number of para-hydroxylation sites is 1. The van der Waals surface area contributed by atoms with Crippen LogP contribution >= 0.6 is 0 Å². The predicted octanol–water partition coefficient (Wildman–Crippen LogP) is 3.11. The third kappa shape index (κ3) is 4.76. The van der Waals surface area contributed by atoms with Gasteiger partial charge in [-0.1, -0.05) is 29.8 Å². The van der Waals surface area contributed by atoms with E-state index in [0.717, 1.165) is 24.2 Å². The second kappa shape index (κ2) is 8.34. The number of allylic oxidation sites excluding steroid dienone is 1. The Labute approximate surface area is 116 Å². The van der Waals surface area contributed by atoms with Crippen LogP contribution in [0.25, 0.3) is 0 Å². The number of rotatable bonds is 7. The summed E-state index contributed by atoms with van der Waals surface area (Å²) < 4.78 is 0. The van der Waals surface area contributed by atoms with Gasteiger partial charge in [-0.3, -0.25) is 0 Å². The third-order valence-corrected chi connectivity index (χ3v) is 3.30. The Morgan fingerprint density at radius 1 is 1.42 bits per heavy atom. The Bertz CT molecular complexity index is 457. The van der Waals surface area contributed by atoms with Crippen molar-refractivity contribution in [1.29, 1.82) is 5.26 Å². The van der Waals surface area contributed by atoms with E-state index >= 15 is 0 Å². The highest BCUT2D eigenvalue weighted by Gasteiger charge is 2.11. The lowest BCUT2D eigenvalue weighted by Crippen LogP contribution is -2.26. The maximum Gasteiger partial charge on any atom is 0.0670 e. The SMILES string of the molecule is C/C=C(\C)C(CCNC)Nc1ccccc1CC#N. The predicted molar refractivity (Wildman–Crippen MR) is 81.1 cm³/mol. The Morgan fingerprint density at radius 2 is 2.16 bits per heavy atom. The minimum atomic E-state index is 0.303. The van der Waals surface area contributed by atoms with E-state index in [2.05, 4.69) is 36.6 Å². The van der Waals surface area contributed by atoms with Gasteiger partial charge >= 0.3 is 0 Å². The Hall–Kier alpha value is -1.79. The van der Waals surface area contributed by atoms with Gasteiger partial charge < -0.3 is 10.6 Å². The molecule has 1 rings (SSSR count). The van der Waals surface area contributed by atoms with Gasteiger partial charge in [0.25, 0.3) is 0 Å². The molecule has 2 N–H and O–H groups in total. The van der Waals surface area contributed by atoms with Gasteiger partial charge in [-0.2, -0.15) is 5.26 Å². The molecule has 0 amide bonds. The van der Waals surface area contributed by atoms with Crippen molar-refractivity contribution < 1.29 is 0 Å². The first kappa shape index (κ1) is 15.3. The molecule has 1 atom stereocenters. The molecule has 0 saturated carbocycles. The van der Waals surface area contributed by atoms with E-state index in [0.29, 0.717) is 12.5 Å². The molecule has 19 heavy (non-hydrogen) atoms. The van der Waals surface area contributed by atoms with Crippen molar-refractivity contribution in [2.45, 2.75) is 32.7 Å². The fourth-order valence-corrected chi connectivity index (χ4v) is 1.99. The van der Waals surface area contributed by atoms with E-state index < -0.39 is 0 Å². The zero-order valence-electron chi connectivity index (χ0n) is 12.0. The summed E-state index contributed by atoms with van der Waals surface area (Å²) in [7, 11) is 1.96. The van der Waals surface area contributed by atoms with Gasteiger partial charge in [0.1, 0.15) is 0 Å². The van der Waals surface area contributed by atoms with E-state index in [4.69, 9.17) is 5.26 Å². The number of benzene rings is 1. The molecule has 0 aliphatic rings. The van der Waals surface area contributed by atoms with Crippen molar-refractivity contribution in [3.05, 3.63) is 41.5 Å². The normalized spacial score (nSPS) is 12.8. The lowest BCUT2D eigenvalue weighted by atomic mass is 10.0. The summed E-state index contributed by atoms with van der Waals surface area (Å²) in [6, 6.07) is 10.5. The molecule has 0 bridgehead atoms. The van der Waals surface area contributed by atoms with Crippen LogP contribution in [0, 0.1) is 11.3 Å². The van der Waals surface area contributed by atoms with Crippen LogP contribution in [0.15, 0.2) is 35.9 Å². The molecule has 3 heteroatoms. The largest absolute Gasteiger partial charge is 0.378 e. The maximum atomic E-state index is 8.88. The summed E-state index contributed by atoms with van der Waals surface area (Å²) in [6.07, 6.45) is 3.60. The van der Waals surface area contributed by atoms with Gasteiger partial charge in [0.15, 0.2) is 0 Å². The number of nitrogens with one attached hydrogen (secondary N) is 2. The maximum absolute atomic E-state index is 8.88. The lowest BCUT2D eigenvalue weighted by molar-refractivity contribution is 0.670. The molecule has 0 aromatic heterocycles. The highest BCUT2D eigenvalue weighted by molar-refractivity contribution is 5.53. The molecular formula is C16H23N3. The monoisotopic (exact) mass is 257 g/mol. The topological polar surface area (TPSA) is 47.8 Å². The van der Waals surface area contributed by atoms with Crippen LogP contribution in [0.3, 0.4) is 0 Å². The molecule has 0 aliphatic carbocycles. The molecular weight excluding hydrogens is 234 g/mol. The quantitative estimate of drug-likeness (QED) is 0.738. The minimum absolute atomic E-state index is 0.303. The average Bonchev–Trinajstić information content (AvgIpc) is 2.44. The first-order chi connectivity index (χ1) is 9.22. The minimum Gasteiger partial charge on any atom is -0.378 e. The molecule has 3 nitrogen and oxygen atoms in total. The summed E-state index contributed by atoms with van der Waals surface area (Å²) in [5.74, 6) is 0. The Kier molecular flexibility index (Phi) is 6.70. The van der Waals surface area contributed by atoms with Crippen LogP contribution in [-0.4, -0.2) is 19.6 Å². The summed E-state index contributed by atoms with van der Waals surface area (Å²) in [5, 5.41) is 15.6. The summed E-state index contributed by atoms with van der Waals surface area (Å²) in [4.78, 5) is 0. The van der Waals surface area contributed by atoms with Crippen LogP contribution in [0.2, 0.25) is 0 Å². The lowest BCUT2D eigenvalue weighted by Gasteiger charge is -2.22. The highest BCUT2D eigenvalue weighted by atomic mass is 14.9. The fraction of sp³-hybridized carbons (Fsp3) is 0.438. The molecule has 0 aliphatic heterocycles. The number of nitriles is 1. The molecule has 1 unspecified atom stereocenters. The zero-order chi connectivity index (χ0) is 14.1. The van der Waals surface area contributed by atoms with E-state index in [1.807, 2.05) is 31.3 Å². The average molecular weight is 257 g/mol. The second-order valence-electron chi connectivity index (χ2n) is 4.61. The third-order valence-electron chi connectivity index (χ3n) is 3.30. The van der Waals surface area contributed by atoms with Crippen LogP contribution in [-0.2, 0) is 6.42 Å². The molecule has 0 fully saturated rings. The molecule has 0 saturated heterocycles. The van der Waals surface area contributed by atoms with E-state index in [-0.39, 0.29) is 0 Å². The van der Waals surface area contributed by atoms with Crippen molar-refractivity contribution in [2.75, 3.05) is 18.9 Å². The molecule has 0 radical (unpaired) electrons. The van der Waals surface area contributed by atoms with Gasteiger partial charge in [0.2, 0.25) is 0 Å². The number of hydrogen-bond acceptors (Lipinski definition) is 3. The fourth-order valence-electron chi connectivity index (χ4n) is 1.99. The van der Waals surface area contributed by atoms with Gasteiger partial charge in [-0.05, 0) is 45.5 Å². The van der Waals surface area contributed by atoms with E-state index in [9.17, 15) is 0 Å². The molecule has 102 valence electrons. The number of hydrogen-bond donors (Lipinski definition) is 2. The van der Waals surface area contributed by atoms with Crippen LogP contribution in [0.1, 0.15) is 25.8 Å². The summed E-state index contributed by atoms with van der Waals surface area (Å²) in [5.41, 5.74) is 3.44. The van der Waals surface area contributed by atoms with Crippen LogP contribution in [0.5, 0.6) is 0 Å². The van der Waals surface area contributed by atoms with Crippen LogP contribution in [0.4, 0.5) is 5.69 Å². The van der Waals surface area contributed by atoms with Crippen molar-refractivity contribution >= 4 is 5.69 Å². The van der Waals surface area contributed by atoms with E-state index in [1.165, 1.54) is 5.57 Å². The van der Waals surface area contributed by atoms with Gasteiger partial charge in [0.05, 0.1) is 12.5 Å². The van der Waals surface area contributed by atoms with Gasteiger partial charge in [-0.25, -0.2) is 0 Å². The van der Waals surface area contributed by atoms with Crippen LogP contribution < -0.4 is 10.6 Å². The van der Waals surface area contributed by atoms with E-state index in [1.54, 1.807) is 0 Å². The van der Waals surface area contributed by atoms with Gasteiger partial charge in [0, 0.05) is 11.7 Å². The Balaban J connectivity index is 2.87.